The van der Waals surface area contributed by atoms with E-state index < -0.39 is 11.6 Å². The van der Waals surface area contributed by atoms with Crippen LogP contribution in [0.15, 0.2) is 0 Å². The van der Waals surface area contributed by atoms with E-state index in [0.29, 0.717) is 13.1 Å². The van der Waals surface area contributed by atoms with Crippen molar-refractivity contribution in [2.24, 2.45) is 0 Å². The Morgan fingerprint density at radius 2 is 1.75 bits per heavy atom. The van der Waals surface area contributed by atoms with Gasteiger partial charge in [0, 0.05) is 6.54 Å². The molecule has 0 bridgehead atoms. The van der Waals surface area contributed by atoms with Crippen molar-refractivity contribution in [3.63, 3.8) is 0 Å². The Balaban J connectivity index is 4.28. The van der Waals surface area contributed by atoms with Crippen LogP contribution in [0.1, 0.15) is 34.6 Å². The predicted molar refractivity (Wildman–Crippen MR) is 64.0 cm³/mol. The van der Waals surface area contributed by atoms with Crippen LogP contribution in [0.25, 0.3) is 0 Å². The highest BCUT2D eigenvalue weighted by Gasteiger charge is 2.28. The highest BCUT2D eigenvalue weighted by Crippen LogP contribution is 2.02. The lowest BCUT2D eigenvalue weighted by Gasteiger charge is -2.26. The minimum absolute atomic E-state index is 0.164. The first-order chi connectivity index (χ1) is 7.35. The summed E-state index contributed by atoms with van der Waals surface area (Å²) in [4.78, 5) is 23.2. The normalized spacial score (nSPS) is 13.1. The van der Waals surface area contributed by atoms with Crippen molar-refractivity contribution in [2.75, 3.05) is 13.1 Å². The van der Waals surface area contributed by atoms with Crippen LogP contribution in [0, 0.1) is 0 Å². The number of hydrogen-bond donors (Lipinski definition) is 3. The van der Waals surface area contributed by atoms with E-state index in [1.807, 2.05) is 13.8 Å². The standard InChI is InChI=1S/C11H23N3O2/c1-6-12-9(15)8(3)14-10(16)11(4,5)13-7-2/h8,13H,6-7H2,1-5H3,(H,12,15)(H,14,16). The van der Waals surface area contributed by atoms with Gasteiger partial charge in [-0.3, -0.25) is 9.59 Å². The van der Waals surface area contributed by atoms with E-state index in [0.717, 1.165) is 0 Å². The van der Waals surface area contributed by atoms with Gasteiger partial charge in [0.25, 0.3) is 0 Å². The van der Waals surface area contributed by atoms with Crippen molar-refractivity contribution in [3.8, 4) is 0 Å². The highest BCUT2D eigenvalue weighted by molar-refractivity contribution is 5.91. The quantitative estimate of drug-likeness (QED) is 0.601. The minimum atomic E-state index is -0.657. The van der Waals surface area contributed by atoms with Gasteiger partial charge in [-0.25, -0.2) is 0 Å². The predicted octanol–water partition coefficient (Wildman–Crippen LogP) is 0.0153. The molecule has 16 heavy (non-hydrogen) atoms. The minimum Gasteiger partial charge on any atom is -0.355 e. The first-order valence-corrected chi connectivity index (χ1v) is 5.68. The van der Waals surface area contributed by atoms with Gasteiger partial charge in [-0.05, 0) is 34.2 Å². The second kappa shape index (κ2) is 6.48. The van der Waals surface area contributed by atoms with Crippen LogP contribution < -0.4 is 16.0 Å². The Kier molecular flexibility index (Phi) is 6.03. The number of carbonyl (C=O) groups excluding carboxylic acids is 2. The van der Waals surface area contributed by atoms with Crippen LogP contribution in [-0.4, -0.2) is 36.5 Å². The first kappa shape index (κ1) is 14.9. The smallest absolute Gasteiger partial charge is 0.242 e. The molecule has 0 aliphatic heterocycles. The molecule has 0 fully saturated rings. The molecular weight excluding hydrogens is 206 g/mol. The van der Waals surface area contributed by atoms with Crippen LogP contribution >= 0.6 is 0 Å². The molecule has 0 rings (SSSR count). The van der Waals surface area contributed by atoms with Crippen molar-refractivity contribution < 1.29 is 9.59 Å². The topological polar surface area (TPSA) is 70.2 Å². The maximum atomic E-state index is 11.8. The molecule has 0 radical (unpaired) electrons. The third kappa shape index (κ3) is 4.61. The van der Waals surface area contributed by atoms with Gasteiger partial charge in [0.2, 0.25) is 11.8 Å². The molecule has 0 aromatic rings. The zero-order chi connectivity index (χ0) is 12.8. The molecule has 94 valence electrons. The van der Waals surface area contributed by atoms with Gasteiger partial charge in [0.05, 0.1) is 5.54 Å². The molecule has 0 aliphatic rings. The van der Waals surface area contributed by atoms with E-state index in [1.54, 1.807) is 20.8 Å². The molecule has 0 aromatic carbocycles. The summed E-state index contributed by atoms with van der Waals surface area (Å²) in [5.74, 6) is -0.337. The van der Waals surface area contributed by atoms with Crippen LogP contribution in [-0.2, 0) is 9.59 Å². The lowest BCUT2D eigenvalue weighted by atomic mass is 10.0. The Bertz CT molecular complexity index is 252. The van der Waals surface area contributed by atoms with Gasteiger partial charge in [-0.1, -0.05) is 6.92 Å². The highest BCUT2D eigenvalue weighted by atomic mass is 16.2. The van der Waals surface area contributed by atoms with E-state index in [-0.39, 0.29) is 11.8 Å². The molecule has 5 nitrogen and oxygen atoms in total. The molecule has 0 heterocycles. The molecule has 1 atom stereocenters. The second-order valence-corrected chi connectivity index (χ2v) is 4.25. The van der Waals surface area contributed by atoms with E-state index in [9.17, 15) is 9.59 Å². The fraction of sp³-hybridized carbons (Fsp3) is 0.818. The molecule has 1 unspecified atom stereocenters. The Morgan fingerprint density at radius 3 is 2.19 bits per heavy atom. The average molecular weight is 229 g/mol. The van der Waals surface area contributed by atoms with Crippen LogP contribution in [0.4, 0.5) is 0 Å². The zero-order valence-electron chi connectivity index (χ0n) is 10.8. The van der Waals surface area contributed by atoms with Crippen LogP contribution in [0.3, 0.4) is 0 Å². The molecular formula is C11H23N3O2. The fourth-order valence-electron chi connectivity index (χ4n) is 1.29. The molecule has 0 aliphatic carbocycles. The molecule has 3 N–H and O–H groups in total. The Hall–Kier alpha value is -1.10. The SMILES string of the molecule is CCNC(=O)C(C)NC(=O)C(C)(C)NCC. The summed E-state index contributed by atoms with van der Waals surface area (Å²) in [7, 11) is 0. The van der Waals surface area contributed by atoms with Crippen molar-refractivity contribution in [1.82, 2.24) is 16.0 Å². The molecule has 5 heteroatoms. The summed E-state index contributed by atoms with van der Waals surface area (Å²) in [6, 6.07) is -0.509. The first-order valence-electron chi connectivity index (χ1n) is 5.68. The maximum Gasteiger partial charge on any atom is 0.242 e. The number of nitrogens with one attached hydrogen (secondary N) is 3. The molecule has 0 saturated carbocycles. The van der Waals surface area contributed by atoms with Gasteiger partial charge in [0.1, 0.15) is 6.04 Å². The monoisotopic (exact) mass is 229 g/mol. The number of amides is 2. The second-order valence-electron chi connectivity index (χ2n) is 4.25. The summed E-state index contributed by atoms with van der Waals surface area (Å²) in [5, 5.41) is 8.39. The largest absolute Gasteiger partial charge is 0.355 e. The lowest BCUT2D eigenvalue weighted by molar-refractivity contribution is -0.131. The molecule has 0 aromatic heterocycles. The number of carbonyl (C=O) groups is 2. The average Bonchev–Trinajstić information content (AvgIpc) is 2.17. The van der Waals surface area contributed by atoms with Gasteiger partial charge in [0.15, 0.2) is 0 Å². The summed E-state index contributed by atoms with van der Waals surface area (Å²) in [5.41, 5.74) is -0.657. The summed E-state index contributed by atoms with van der Waals surface area (Å²) < 4.78 is 0. The van der Waals surface area contributed by atoms with Crippen LogP contribution in [0.5, 0.6) is 0 Å². The summed E-state index contributed by atoms with van der Waals surface area (Å²) in [6.45, 7) is 10.3. The third-order valence-electron chi connectivity index (χ3n) is 2.28. The Morgan fingerprint density at radius 1 is 1.19 bits per heavy atom. The third-order valence-corrected chi connectivity index (χ3v) is 2.28. The molecule has 0 saturated heterocycles. The van der Waals surface area contributed by atoms with Gasteiger partial charge >= 0.3 is 0 Å². The van der Waals surface area contributed by atoms with Gasteiger partial charge < -0.3 is 16.0 Å². The molecule has 2 amide bonds. The van der Waals surface area contributed by atoms with Gasteiger partial charge in [-0.2, -0.15) is 0 Å². The van der Waals surface area contributed by atoms with Crippen molar-refractivity contribution in [1.29, 1.82) is 0 Å². The van der Waals surface area contributed by atoms with Crippen molar-refractivity contribution in [3.05, 3.63) is 0 Å². The number of likely N-dealkylation sites (N-methyl/N-ethyl adjacent to an activating group) is 2. The number of hydrogen-bond acceptors (Lipinski definition) is 3. The fourth-order valence-corrected chi connectivity index (χ4v) is 1.29. The van der Waals surface area contributed by atoms with E-state index >= 15 is 0 Å². The van der Waals surface area contributed by atoms with E-state index in [2.05, 4.69) is 16.0 Å². The molecule has 0 spiro atoms. The van der Waals surface area contributed by atoms with Crippen molar-refractivity contribution >= 4 is 11.8 Å². The summed E-state index contributed by atoms with van der Waals surface area (Å²) >= 11 is 0. The Labute approximate surface area is 97.4 Å². The van der Waals surface area contributed by atoms with E-state index in [4.69, 9.17) is 0 Å². The maximum absolute atomic E-state index is 11.8. The van der Waals surface area contributed by atoms with Crippen LogP contribution in [0.2, 0.25) is 0 Å². The lowest BCUT2D eigenvalue weighted by Crippen LogP contribution is -2.56. The number of rotatable bonds is 6. The zero-order valence-corrected chi connectivity index (χ0v) is 10.8. The van der Waals surface area contributed by atoms with Crippen molar-refractivity contribution in [2.45, 2.75) is 46.2 Å². The van der Waals surface area contributed by atoms with Gasteiger partial charge in [-0.15, -0.1) is 0 Å². The summed E-state index contributed by atoms with van der Waals surface area (Å²) in [6.07, 6.45) is 0. The van der Waals surface area contributed by atoms with E-state index in [1.165, 1.54) is 0 Å².